The number of fused-ring (bicyclic) bond motifs is 1. The summed E-state index contributed by atoms with van der Waals surface area (Å²) in [6.45, 7) is 15.2. The molecule has 0 radical (unpaired) electrons. The summed E-state index contributed by atoms with van der Waals surface area (Å²) >= 11 is 1.78. The highest BCUT2D eigenvalue weighted by atomic mass is 32.1. The fourth-order valence-electron chi connectivity index (χ4n) is 3.79. The van der Waals surface area contributed by atoms with E-state index in [9.17, 15) is 0 Å². The average molecular weight is 412 g/mol. The van der Waals surface area contributed by atoms with E-state index < -0.39 is 0 Å². The van der Waals surface area contributed by atoms with Gasteiger partial charge in [0, 0.05) is 43.4 Å². The van der Waals surface area contributed by atoms with E-state index in [0.717, 1.165) is 68.2 Å². The van der Waals surface area contributed by atoms with Gasteiger partial charge >= 0.3 is 0 Å². The molecule has 3 aromatic heterocycles. The number of nitrogens with zero attached hydrogens (tertiary/aromatic N) is 7. The van der Waals surface area contributed by atoms with Crippen molar-refractivity contribution in [2.24, 2.45) is 0 Å². The third-order valence-electron chi connectivity index (χ3n) is 5.73. The summed E-state index contributed by atoms with van der Waals surface area (Å²) in [6, 6.07) is 1.86. The molecular weight excluding hydrogens is 382 g/mol. The monoisotopic (exact) mass is 411 g/mol. The maximum absolute atomic E-state index is 5.06. The third kappa shape index (κ3) is 4.04. The predicted octanol–water partition coefficient (Wildman–Crippen LogP) is 3.27. The molecule has 1 saturated heterocycles. The Morgan fingerprint density at radius 1 is 0.966 bits per heavy atom. The minimum atomic E-state index is 0.795. The molecule has 0 amide bonds. The molecule has 1 aliphatic rings. The number of thiophene rings is 1. The lowest BCUT2D eigenvalue weighted by Crippen LogP contribution is -2.47. The number of aryl methyl sites for hydroxylation is 2. The van der Waals surface area contributed by atoms with Crippen LogP contribution in [0.2, 0.25) is 0 Å². The Morgan fingerprint density at radius 2 is 1.62 bits per heavy atom. The number of aromatic nitrogens is 4. The Morgan fingerprint density at radius 3 is 2.28 bits per heavy atom. The van der Waals surface area contributed by atoms with Gasteiger partial charge in [-0.05, 0) is 38.6 Å². The zero-order valence-corrected chi connectivity index (χ0v) is 18.5. The standard InChI is InChI=1S/C21H29N7S/c1-5-26(6-2)14-17-24-19(18-15(3)16(4)29-20(18)25-17)27-10-12-28(13-11-27)21-22-8-7-9-23-21/h7-9H,5-6,10-14H2,1-4H3. The van der Waals surface area contributed by atoms with Gasteiger partial charge < -0.3 is 9.80 Å². The topological polar surface area (TPSA) is 61.3 Å². The highest BCUT2D eigenvalue weighted by Gasteiger charge is 2.24. The van der Waals surface area contributed by atoms with Crippen LogP contribution in [0.15, 0.2) is 18.5 Å². The second-order valence-corrected chi connectivity index (χ2v) is 8.61. The molecule has 0 bridgehead atoms. The first kappa shape index (κ1) is 20.0. The van der Waals surface area contributed by atoms with Crippen LogP contribution in [-0.4, -0.2) is 64.1 Å². The molecule has 0 unspecified atom stereocenters. The van der Waals surface area contributed by atoms with Crippen molar-refractivity contribution >= 4 is 33.3 Å². The van der Waals surface area contributed by atoms with Crippen molar-refractivity contribution in [2.45, 2.75) is 34.2 Å². The smallest absolute Gasteiger partial charge is 0.225 e. The zero-order chi connectivity index (χ0) is 20.4. The van der Waals surface area contributed by atoms with Crippen LogP contribution in [0.4, 0.5) is 11.8 Å². The second kappa shape index (κ2) is 8.59. The molecule has 4 heterocycles. The van der Waals surface area contributed by atoms with Crippen molar-refractivity contribution in [3.8, 4) is 0 Å². The molecular formula is C21H29N7S. The largest absolute Gasteiger partial charge is 0.352 e. The van der Waals surface area contributed by atoms with Gasteiger partial charge in [-0.15, -0.1) is 11.3 Å². The van der Waals surface area contributed by atoms with E-state index in [1.807, 2.05) is 6.07 Å². The van der Waals surface area contributed by atoms with Gasteiger partial charge in [-0.2, -0.15) is 0 Å². The van der Waals surface area contributed by atoms with Crippen LogP contribution >= 0.6 is 11.3 Å². The number of piperazine rings is 1. The van der Waals surface area contributed by atoms with Gasteiger partial charge in [0.25, 0.3) is 0 Å². The van der Waals surface area contributed by atoms with Crippen LogP contribution in [0, 0.1) is 13.8 Å². The molecule has 1 aliphatic heterocycles. The molecule has 1 fully saturated rings. The SMILES string of the molecule is CCN(CC)Cc1nc(N2CCN(c3ncccn3)CC2)c2c(C)c(C)sc2n1. The molecule has 8 heteroatoms. The molecule has 7 nitrogen and oxygen atoms in total. The van der Waals surface area contributed by atoms with Crippen molar-refractivity contribution in [3.05, 3.63) is 34.7 Å². The van der Waals surface area contributed by atoms with Crippen LogP contribution in [0.25, 0.3) is 10.2 Å². The molecule has 0 spiro atoms. The van der Waals surface area contributed by atoms with E-state index in [1.54, 1.807) is 23.7 Å². The Bertz CT molecular complexity index is 960. The van der Waals surface area contributed by atoms with Crippen LogP contribution in [0.3, 0.4) is 0 Å². The summed E-state index contributed by atoms with van der Waals surface area (Å²) in [7, 11) is 0. The normalized spacial score (nSPS) is 14.9. The molecule has 0 aromatic carbocycles. The van der Waals surface area contributed by atoms with Gasteiger partial charge in [-0.3, -0.25) is 4.90 Å². The summed E-state index contributed by atoms with van der Waals surface area (Å²) in [6.07, 6.45) is 3.61. The van der Waals surface area contributed by atoms with Crippen LogP contribution in [0.5, 0.6) is 0 Å². The van der Waals surface area contributed by atoms with Crippen molar-refractivity contribution in [1.29, 1.82) is 0 Å². The van der Waals surface area contributed by atoms with Crippen molar-refractivity contribution in [3.63, 3.8) is 0 Å². The third-order valence-corrected chi connectivity index (χ3v) is 6.83. The van der Waals surface area contributed by atoms with Gasteiger partial charge in [0.2, 0.25) is 5.95 Å². The minimum absolute atomic E-state index is 0.795. The number of anilines is 2. The lowest BCUT2D eigenvalue weighted by atomic mass is 10.2. The molecule has 0 saturated carbocycles. The Labute approximate surface area is 176 Å². The Balaban J connectivity index is 1.63. The fraction of sp³-hybridized carbons (Fsp3) is 0.524. The number of hydrogen-bond donors (Lipinski definition) is 0. The maximum atomic E-state index is 5.06. The highest BCUT2D eigenvalue weighted by molar-refractivity contribution is 7.18. The van der Waals surface area contributed by atoms with Gasteiger partial charge in [0.1, 0.15) is 16.5 Å². The second-order valence-electron chi connectivity index (χ2n) is 7.41. The quantitative estimate of drug-likeness (QED) is 0.617. The molecule has 4 rings (SSSR count). The lowest BCUT2D eigenvalue weighted by molar-refractivity contribution is 0.288. The molecule has 0 atom stereocenters. The van der Waals surface area contributed by atoms with Crippen LogP contribution in [0.1, 0.15) is 30.1 Å². The van der Waals surface area contributed by atoms with Crippen LogP contribution < -0.4 is 9.80 Å². The van der Waals surface area contributed by atoms with E-state index in [1.165, 1.54) is 15.8 Å². The number of rotatable bonds is 6. The first-order valence-electron chi connectivity index (χ1n) is 10.4. The molecule has 0 N–H and O–H groups in total. The van der Waals surface area contributed by atoms with Crippen molar-refractivity contribution in [1.82, 2.24) is 24.8 Å². The zero-order valence-electron chi connectivity index (χ0n) is 17.7. The van der Waals surface area contributed by atoms with E-state index in [0.29, 0.717) is 0 Å². The molecule has 0 aliphatic carbocycles. The number of hydrogen-bond acceptors (Lipinski definition) is 8. The van der Waals surface area contributed by atoms with Crippen molar-refractivity contribution < 1.29 is 0 Å². The lowest BCUT2D eigenvalue weighted by Gasteiger charge is -2.35. The van der Waals surface area contributed by atoms with Crippen LogP contribution in [-0.2, 0) is 6.54 Å². The maximum Gasteiger partial charge on any atom is 0.225 e. The summed E-state index contributed by atoms with van der Waals surface area (Å²) in [4.78, 5) is 28.2. The highest BCUT2D eigenvalue weighted by Crippen LogP contribution is 2.35. The Hall–Kier alpha value is -2.32. The van der Waals surface area contributed by atoms with E-state index in [4.69, 9.17) is 9.97 Å². The fourth-order valence-corrected chi connectivity index (χ4v) is 4.83. The predicted molar refractivity (Wildman–Crippen MR) is 120 cm³/mol. The van der Waals surface area contributed by atoms with E-state index >= 15 is 0 Å². The van der Waals surface area contributed by atoms with E-state index in [2.05, 4.69) is 52.4 Å². The minimum Gasteiger partial charge on any atom is -0.352 e. The van der Waals surface area contributed by atoms with Gasteiger partial charge in [-0.1, -0.05) is 13.8 Å². The first-order chi connectivity index (χ1) is 14.1. The first-order valence-corrected chi connectivity index (χ1v) is 11.2. The van der Waals surface area contributed by atoms with Crippen molar-refractivity contribution in [2.75, 3.05) is 49.1 Å². The van der Waals surface area contributed by atoms with Gasteiger partial charge in [-0.25, -0.2) is 19.9 Å². The molecule has 154 valence electrons. The van der Waals surface area contributed by atoms with Gasteiger partial charge in [0.05, 0.1) is 11.9 Å². The summed E-state index contributed by atoms with van der Waals surface area (Å²) < 4.78 is 0. The average Bonchev–Trinajstić information content (AvgIpc) is 3.05. The summed E-state index contributed by atoms with van der Waals surface area (Å²) in [5, 5.41) is 1.22. The van der Waals surface area contributed by atoms with Gasteiger partial charge in [0.15, 0.2) is 0 Å². The summed E-state index contributed by atoms with van der Waals surface area (Å²) in [5.74, 6) is 2.82. The Kier molecular flexibility index (Phi) is 5.91. The summed E-state index contributed by atoms with van der Waals surface area (Å²) in [5.41, 5.74) is 1.31. The van der Waals surface area contributed by atoms with E-state index in [-0.39, 0.29) is 0 Å². The molecule has 3 aromatic rings. The molecule has 29 heavy (non-hydrogen) atoms.